The van der Waals surface area contributed by atoms with Gasteiger partial charge in [-0.1, -0.05) is 13.8 Å². The van der Waals surface area contributed by atoms with Crippen LogP contribution in [0.4, 0.5) is 5.82 Å². The molecule has 100 valence electrons. The summed E-state index contributed by atoms with van der Waals surface area (Å²) in [4.78, 5) is 13.1. The third-order valence-electron chi connectivity index (χ3n) is 3.02. The molecule has 1 aliphatic rings. The van der Waals surface area contributed by atoms with Gasteiger partial charge >= 0.3 is 0 Å². The van der Waals surface area contributed by atoms with Gasteiger partial charge in [0.15, 0.2) is 0 Å². The second-order valence-corrected chi connectivity index (χ2v) is 5.21. The summed E-state index contributed by atoms with van der Waals surface area (Å²) >= 11 is 0. The van der Waals surface area contributed by atoms with Crippen LogP contribution in [-0.4, -0.2) is 54.7 Å². The van der Waals surface area contributed by atoms with E-state index in [1.54, 1.807) is 6.33 Å². The van der Waals surface area contributed by atoms with Gasteiger partial charge in [0.2, 0.25) is 5.88 Å². The van der Waals surface area contributed by atoms with E-state index in [9.17, 15) is 0 Å². The van der Waals surface area contributed by atoms with Gasteiger partial charge < -0.3 is 14.5 Å². The summed E-state index contributed by atoms with van der Waals surface area (Å²) < 4.78 is 5.63. The lowest BCUT2D eigenvalue weighted by Crippen LogP contribution is -2.44. The zero-order chi connectivity index (χ0) is 13.0. The van der Waals surface area contributed by atoms with E-state index in [0.717, 1.165) is 32.0 Å². The molecule has 0 unspecified atom stereocenters. The molecule has 1 fully saturated rings. The van der Waals surface area contributed by atoms with Crippen LogP contribution in [0.3, 0.4) is 0 Å². The molecule has 0 aliphatic carbocycles. The molecule has 0 radical (unpaired) electrons. The topological polar surface area (TPSA) is 41.5 Å². The number of hydrogen-bond acceptors (Lipinski definition) is 5. The summed E-state index contributed by atoms with van der Waals surface area (Å²) in [6.45, 7) is 9.12. The molecule has 0 amide bonds. The van der Waals surface area contributed by atoms with Crippen LogP contribution in [0.15, 0.2) is 12.4 Å². The molecule has 0 aromatic carbocycles. The van der Waals surface area contributed by atoms with Gasteiger partial charge in [0.25, 0.3) is 0 Å². The molecule has 1 aromatic heterocycles. The van der Waals surface area contributed by atoms with Gasteiger partial charge in [0, 0.05) is 32.2 Å². The molecule has 18 heavy (non-hydrogen) atoms. The maximum Gasteiger partial charge on any atom is 0.218 e. The van der Waals surface area contributed by atoms with Crippen LogP contribution < -0.4 is 9.64 Å². The Hall–Kier alpha value is -1.36. The maximum absolute atomic E-state index is 5.63. The number of hydrogen-bond donors (Lipinski definition) is 0. The van der Waals surface area contributed by atoms with Crippen molar-refractivity contribution in [1.29, 1.82) is 0 Å². The van der Waals surface area contributed by atoms with Crippen molar-refractivity contribution in [1.82, 2.24) is 14.9 Å². The molecule has 0 bridgehead atoms. The Morgan fingerprint density at radius 3 is 2.61 bits per heavy atom. The summed E-state index contributed by atoms with van der Waals surface area (Å²) in [5.74, 6) is 2.15. The summed E-state index contributed by atoms with van der Waals surface area (Å²) in [5.41, 5.74) is 0. The van der Waals surface area contributed by atoms with Crippen LogP contribution in [0, 0.1) is 5.92 Å². The first-order valence-corrected chi connectivity index (χ1v) is 6.53. The van der Waals surface area contributed by atoms with Crippen molar-refractivity contribution in [3.8, 4) is 5.88 Å². The molecule has 5 heteroatoms. The molecule has 0 spiro atoms. The highest BCUT2D eigenvalue weighted by Gasteiger charge is 2.15. The summed E-state index contributed by atoms with van der Waals surface area (Å²) in [6.07, 6.45) is 1.59. The predicted molar refractivity (Wildman–Crippen MR) is 72.1 cm³/mol. The van der Waals surface area contributed by atoms with Gasteiger partial charge in [-0.3, -0.25) is 0 Å². The lowest BCUT2D eigenvalue weighted by atomic mass is 10.2. The van der Waals surface area contributed by atoms with Gasteiger partial charge in [0.1, 0.15) is 12.1 Å². The Balaban J connectivity index is 1.98. The van der Waals surface area contributed by atoms with E-state index in [1.165, 1.54) is 0 Å². The van der Waals surface area contributed by atoms with Crippen LogP contribution in [0.1, 0.15) is 13.8 Å². The number of ether oxygens (including phenoxy) is 1. The standard InChI is InChI=1S/C13H22N4O/c1-11(2)9-18-13-8-12(14-10-15-13)17-6-4-16(3)5-7-17/h8,10-11H,4-7,9H2,1-3H3. The minimum Gasteiger partial charge on any atom is -0.477 e. The third-order valence-corrected chi connectivity index (χ3v) is 3.02. The second-order valence-electron chi connectivity index (χ2n) is 5.21. The van der Waals surface area contributed by atoms with Gasteiger partial charge in [0.05, 0.1) is 6.61 Å². The normalized spacial score (nSPS) is 17.2. The van der Waals surface area contributed by atoms with E-state index in [0.29, 0.717) is 18.4 Å². The lowest BCUT2D eigenvalue weighted by Gasteiger charge is -2.33. The van der Waals surface area contributed by atoms with Crippen LogP contribution >= 0.6 is 0 Å². The van der Waals surface area contributed by atoms with Crippen molar-refractivity contribution in [2.75, 3.05) is 44.7 Å². The lowest BCUT2D eigenvalue weighted by molar-refractivity contribution is 0.260. The van der Waals surface area contributed by atoms with E-state index in [4.69, 9.17) is 4.74 Å². The Morgan fingerprint density at radius 1 is 1.22 bits per heavy atom. The zero-order valence-electron chi connectivity index (χ0n) is 11.5. The highest BCUT2D eigenvalue weighted by molar-refractivity contribution is 5.41. The Morgan fingerprint density at radius 2 is 1.94 bits per heavy atom. The highest BCUT2D eigenvalue weighted by Crippen LogP contribution is 2.17. The fourth-order valence-corrected chi connectivity index (χ4v) is 1.87. The molecule has 2 heterocycles. The minimum atomic E-state index is 0.507. The average molecular weight is 250 g/mol. The van der Waals surface area contributed by atoms with Crippen LogP contribution in [0.5, 0.6) is 5.88 Å². The Labute approximate surface area is 109 Å². The van der Waals surface area contributed by atoms with Crippen molar-refractivity contribution in [2.45, 2.75) is 13.8 Å². The quantitative estimate of drug-likeness (QED) is 0.805. The van der Waals surface area contributed by atoms with Crippen molar-refractivity contribution in [3.05, 3.63) is 12.4 Å². The molecule has 2 rings (SSSR count). The third kappa shape index (κ3) is 3.57. The second kappa shape index (κ2) is 6.00. The van der Waals surface area contributed by atoms with Crippen molar-refractivity contribution >= 4 is 5.82 Å². The minimum absolute atomic E-state index is 0.507. The molecule has 1 aliphatic heterocycles. The van der Waals surface area contributed by atoms with E-state index < -0.39 is 0 Å². The van der Waals surface area contributed by atoms with E-state index in [1.807, 2.05) is 6.07 Å². The molecule has 0 atom stereocenters. The van der Waals surface area contributed by atoms with Gasteiger partial charge in [-0.05, 0) is 13.0 Å². The first-order chi connectivity index (χ1) is 8.65. The molecular weight excluding hydrogens is 228 g/mol. The summed E-state index contributed by atoms with van der Waals surface area (Å²) in [7, 11) is 2.15. The number of likely N-dealkylation sites (N-methyl/N-ethyl adjacent to an activating group) is 1. The number of anilines is 1. The maximum atomic E-state index is 5.63. The van der Waals surface area contributed by atoms with E-state index >= 15 is 0 Å². The fraction of sp³-hybridized carbons (Fsp3) is 0.692. The SMILES string of the molecule is CC(C)COc1cc(N2CCN(C)CC2)ncn1. The van der Waals surface area contributed by atoms with E-state index in [2.05, 4.69) is 40.7 Å². The zero-order valence-corrected chi connectivity index (χ0v) is 11.5. The van der Waals surface area contributed by atoms with Crippen molar-refractivity contribution in [2.24, 2.45) is 5.92 Å². The van der Waals surface area contributed by atoms with Gasteiger partial charge in [-0.25, -0.2) is 9.97 Å². The number of piperazine rings is 1. The average Bonchev–Trinajstić information content (AvgIpc) is 2.37. The van der Waals surface area contributed by atoms with Gasteiger partial charge in [-0.2, -0.15) is 0 Å². The molecular formula is C13H22N4O. The van der Waals surface area contributed by atoms with Crippen molar-refractivity contribution in [3.63, 3.8) is 0 Å². The monoisotopic (exact) mass is 250 g/mol. The van der Waals surface area contributed by atoms with E-state index in [-0.39, 0.29) is 0 Å². The van der Waals surface area contributed by atoms with Crippen molar-refractivity contribution < 1.29 is 4.74 Å². The fourth-order valence-electron chi connectivity index (χ4n) is 1.87. The van der Waals surface area contributed by atoms with Crippen LogP contribution in [0.2, 0.25) is 0 Å². The molecule has 5 nitrogen and oxygen atoms in total. The van der Waals surface area contributed by atoms with Gasteiger partial charge in [-0.15, -0.1) is 0 Å². The number of nitrogens with zero attached hydrogens (tertiary/aromatic N) is 4. The first kappa shape index (κ1) is 13.1. The number of aromatic nitrogens is 2. The predicted octanol–water partition coefficient (Wildman–Crippen LogP) is 1.26. The Kier molecular flexibility index (Phi) is 4.36. The van der Waals surface area contributed by atoms with Crippen LogP contribution in [-0.2, 0) is 0 Å². The number of rotatable bonds is 4. The summed E-state index contributed by atoms with van der Waals surface area (Å²) in [6, 6.07) is 1.94. The Bertz CT molecular complexity index is 375. The molecule has 1 aromatic rings. The highest BCUT2D eigenvalue weighted by atomic mass is 16.5. The largest absolute Gasteiger partial charge is 0.477 e. The molecule has 1 saturated heterocycles. The first-order valence-electron chi connectivity index (χ1n) is 6.53. The smallest absolute Gasteiger partial charge is 0.218 e. The molecule has 0 N–H and O–H groups in total. The summed E-state index contributed by atoms with van der Waals surface area (Å²) in [5, 5.41) is 0. The molecule has 0 saturated carbocycles. The van der Waals surface area contributed by atoms with Crippen LogP contribution in [0.25, 0.3) is 0 Å².